The van der Waals surface area contributed by atoms with Crippen molar-refractivity contribution < 1.29 is 9.47 Å². The Labute approximate surface area is 326 Å². The summed E-state index contributed by atoms with van der Waals surface area (Å²) in [5, 5.41) is 0. The van der Waals surface area contributed by atoms with Gasteiger partial charge in [-0.2, -0.15) is 0 Å². The standard InChI is InChI=1S/C51H37N3O2/c1-51(2)41-20-10-9-19-39(41)40-28-25-36(31-42(40)51)52(37-26-29-45-49(32-37)55-47-23-13-11-21-43(47)53(45)34-15-5-3-6-16-34)38-27-30-46-50(33-38)56-48-24-14-12-22-44(48)54(46)35-17-7-4-8-18-35/h3-33H,1-2H3. The van der Waals surface area contributed by atoms with E-state index in [4.69, 9.17) is 9.47 Å². The highest BCUT2D eigenvalue weighted by atomic mass is 16.5. The summed E-state index contributed by atoms with van der Waals surface area (Å²) in [7, 11) is 0. The molecule has 0 aromatic heterocycles. The van der Waals surface area contributed by atoms with Gasteiger partial charge in [0.1, 0.15) is 0 Å². The number of hydrogen-bond donors (Lipinski definition) is 0. The first kappa shape index (κ1) is 32.2. The quantitative estimate of drug-likeness (QED) is 0.176. The van der Waals surface area contributed by atoms with Crippen LogP contribution in [0.25, 0.3) is 11.1 Å². The van der Waals surface area contributed by atoms with Crippen molar-refractivity contribution in [1.82, 2.24) is 0 Å². The van der Waals surface area contributed by atoms with Crippen LogP contribution in [0.4, 0.5) is 51.2 Å². The fraction of sp³-hybridized carbons (Fsp3) is 0.0588. The van der Waals surface area contributed by atoms with Crippen LogP contribution in [0.15, 0.2) is 188 Å². The van der Waals surface area contributed by atoms with Crippen molar-refractivity contribution in [1.29, 1.82) is 0 Å². The summed E-state index contributed by atoms with van der Waals surface area (Å²) in [5.74, 6) is 3.18. The second kappa shape index (κ2) is 12.4. The van der Waals surface area contributed by atoms with Crippen LogP contribution in [0.1, 0.15) is 25.0 Å². The number of para-hydroxylation sites is 6. The molecule has 0 amide bonds. The Kier molecular flexibility index (Phi) is 7.13. The molecule has 0 fully saturated rings. The van der Waals surface area contributed by atoms with Crippen LogP contribution in [0, 0.1) is 0 Å². The molecule has 0 unspecified atom stereocenters. The largest absolute Gasteiger partial charge is 0.453 e. The summed E-state index contributed by atoms with van der Waals surface area (Å²) in [4.78, 5) is 6.88. The Hall–Kier alpha value is -7.24. The zero-order valence-electron chi connectivity index (χ0n) is 31.1. The number of nitrogens with zero attached hydrogens (tertiary/aromatic N) is 3. The van der Waals surface area contributed by atoms with E-state index in [1.807, 2.05) is 36.4 Å². The van der Waals surface area contributed by atoms with E-state index in [0.717, 1.165) is 74.2 Å². The van der Waals surface area contributed by atoms with Crippen LogP contribution >= 0.6 is 0 Å². The van der Waals surface area contributed by atoms with Gasteiger partial charge in [0.15, 0.2) is 23.0 Å². The molecule has 2 aliphatic heterocycles. The Morgan fingerprint density at radius 3 is 1.38 bits per heavy atom. The molecule has 0 atom stereocenters. The van der Waals surface area contributed by atoms with E-state index in [9.17, 15) is 0 Å². The molecule has 0 spiro atoms. The first-order valence-corrected chi connectivity index (χ1v) is 19.1. The molecule has 0 bridgehead atoms. The van der Waals surface area contributed by atoms with Crippen molar-refractivity contribution in [2.45, 2.75) is 19.3 Å². The average Bonchev–Trinajstić information content (AvgIpc) is 3.47. The zero-order valence-corrected chi connectivity index (χ0v) is 31.1. The molecule has 3 aliphatic rings. The lowest BCUT2D eigenvalue weighted by Crippen LogP contribution is -2.18. The van der Waals surface area contributed by atoms with Crippen molar-refractivity contribution in [3.05, 3.63) is 199 Å². The normalized spacial score (nSPS) is 13.9. The smallest absolute Gasteiger partial charge is 0.153 e. The van der Waals surface area contributed by atoms with Crippen LogP contribution in [0.5, 0.6) is 23.0 Å². The van der Waals surface area contributed by atoms with Crippen molar-refractivity contribution in [2.24, 2.45) is 0 Å². The summed E-state index contributed by atoms with van der Waals surface area (Å²) < 4.78 is 13.5. The number of ether oxygens (including phenoxy) is 2. The van der Waals surface area contributed by atoms with Crippen molar-refractivity contribution in [3.63, 3.8) is 0 Å². The fourth-order valence-electron chi connectivity index (χ4n) is 8.76. The van der Waals surface area contributed by atoms with E-state index in [-0.39, 0.29) is 5.41 Å². The third-order valence-electron chi connectivity index (χ3n) is 11.4. The van der Waals surface area contributed by atoms with Gasteiger partial charge >= 0.3 is 0 Å². The molecule has 8 aromatic carbocycles. The lowest BCUT2D eigenvalue weighted by Gasteiger charge is -2.35. The molecule has 0 saturated carbocycles. The number of anilines is 9. The van der Waals surface area contributed by atoms with E-state index in [0.29, 0.717) is 0 Å². The molecule has 56 heavy (non-hydrogen) atoms. The van der Waals surface area contributed by atoms with Crippen LogP contribution in [0.3, 0.4) is 0 Å². The molecule has 11 rings (SSSR count). The molecule has 0 saturated heterocycles. The van der Waals surface area contributed by atoms with Crippen molar-refractivity contribution in [3.8, 4) is 34.1 Å². The molecular weight excluding hydrogens is 687 g/mol. The lowest BCUT2D eigenvalue weighted by atomic mass is 9.82. The second-order valence-corrected chi connectivity index (χ2v) is 15.0. The summed E-state index contributed by atoms with van der Waals surface area (Å²) in [6, 6.07) is 66.2. The zero-order chi connectivity index (χ0) is 37.4. The maximum atomic E-state index is 6.73. The third-order valence-corrected chi connectivity index (χ3v) is 11.4. The van der Waals surface area contributed by atoms with Crippen molar-refractivity contribution in [2.75, 3.05) is 14.7 Å². The number of fused-ring (bicyclic) bond motifs is 7. The van der Waals surface area contributed by atoms with E-state index in [1.54, 1.807) is 0 Å². The van der Waals surface area contributed by atoms with Gasteiger partial charge in [-0.3, -0.25) is 0 Å². The number of benzene rings is 8. The van der Waals surface area contributed by atoms with Gasteiger partial charge in [0.2, 0.25) is 0 Å². The van der Waals surface area contributed by atoms with Crippen LogP contribution < -0.4 is 24.2 Å². The van der Waals surface area contributed by atoms with E-state index in [1.165, 1.54) is 22.3 Å². The fourth-order valence-corrected chi connectivity index (χ4v) is 8.76. The summed E-state index contributed by atoms with van der Waals surface area (Å²) >= 11 is 0. The van der Waals surface area contributed by atoms with Crippen LogP contribution in [0.2, 0.25) is 0 Å². The summed E-state index contributed by atoms with van der Waals surface area (Å²) in [6.45, 7) is 4.66. The monoisotopic (exact) mass is 723 g/mol. The molecule has 5 nitrogen and oxygen atoms in total. The maximum Gasteiger partial charge on any atom is 0.153 e. The molecule has 268 valence electrons. The van der Waals surface area contributed by atoms with Gasteiger partial charge in [0.25, 0.3) is 0 Å². The maximum absolute atomic E-state index is 6.73. The number of hydrogen-bond acceptors (Lipinski definition) is 5. The first-order chi connectivity index (χ1) is 27.5. The molecule has 8 aromatic rings. The highest BCUT2D eigenvalue weighted by Gasteiger charge is 2.36. The van der Waals surface area contributed by atoms with Crippen LogP contribution in [-0.4, -0.2) is 0 Å². The Morgan fingerprint density at radius 1 is 0.375 bits per heavy atom. The Morgan fingerprint density at radius 2 is 0.804 bits per heavy atom. The molecule has 0 radical (unpaired) electrons. The minimum atomic E-state index is -0.161. The Balaban J connectivity index is 1.09. The highest BCUT2D eigenvalue weighted by Crippen LogP contribution is 2.56. The van der Waals surface area contributed by atoms with Gasteiger partial charge in [-0.05, 0) is 107 Å². The highest BCUT2D eigenvalue weighted by molar-refractivity contribution is 5.92. The van der Waals surface area contributed by atoms with Gasteiger partial charge in [-0.25, -0.2) is 0 Å². The van der Waals surface area contributed by atoms with E-state index < -0.39 is 0 Å². The predicted molar refractivity (Wildman–Crippen MR) is 228 cm³/mol. The average molecular weight is 724 g/mol. The van der Waals surface area contributed by atoms with E-state index in [2.05, 4.69) is 180 Å². The second-order valence-electron chi connectivity index (χ2n) is 15.0. The minimum absolute atomic E-state index is 0.161. The summed E-state index contributed by atoms with van der Waals surface area (Å²) in [6.07, 6.45) is 0. The van der Waals surface area contributed by atoms with Gasteiger partial charge in [0, 0.05) is 46.0 Å². The third kappa shape index (κ3) is 4.94. The van der Waals surface area contributed by atoms with Gasteiger partial charge in [-0.1, -0.05) is 105 Å². The van der Waals surface area contributed by atoms with Gasteiger partial charge in [-0.15, -0.1) is 0 Å². The number of rotatable bonds is 5. The van der Waals surface area contributed by atoms with Crippen LogP contribution in [-0.2, 0) is 5.41 Å². The Bertz CT molecular complexity index is 2670. The van der Waals surface area contributed by atoms with Gasteiger partial charge in [0.05, 0.1) is 22.7 Å². The molecule has 0 N–H and O–H groups in total. The van der Waals surface area contributed by atoms with Crippen molar-refractivity contribution >= 4 is 51.2 Å². The minimum Gasteiger partial charge on any atom is -0.453 e. The van der Waals surface area contributed by atoms with E-state index >= 15 is 0 Å². The SMILES string of the molecule is CC1(C)c2ccccc2-c2ccc(N(c3ccc4c(c3)Oc3ccccc3N4c3ccccc3)c3ccc4c(c3)Oc3ccccc3N4c3ccccc3)cc21. The molecular formula is C51H37N3O2. The first-order valence-electron chi connectivity index (χ1n) is 19.1. The molecule has 2 heterocycles. The molecule has 5 heteroatoms. The topological polar surface area (TPSA) is 28.2 Å². The molecule has 1 aliphatic carbocycles. The predicted octanol–water partition coefficient (Wildman–Crippen LogP) is 14.6. The summed E-state index contributed by atoms with van der Waals surface area (Å²) in [5.41, 5.74) is 14.2. The lowest BCUT2D eigenvalue weighted by molar-refractivity contribution is 0.477. The van der Waals surface area contributed by atoms with Gasteiger partial charge < -0.3 is 24.2 Å².